The molecule has 0 amide bonds. The maximum Gasteiger partial charge on any atom is 0.312 e. The van der Waals surface area contributed by atoms with E-state index in [1.807, 2.05) is 4.90 Å². The fourth-order valence-electron chi connectivity index (χ4n) is 5.07. The van der Waals surface area contributed by atoms with Crippen LogP contribution in [0, 0.1) is 23.0 Å². The molecule has 2 aliphatic heterocycles. The van der Waals surface area contributed by atoms with Gasteiger partial charge in [-0.05, 0) is 18.9 Å². The van der Waals surface area contributed by atoms with Gasteiger partial charge in [-0.2, -0.15) is 0 Å². The Hall–Kier alpha value is -1.53. The molecule has 2 saturated heterocycles. The van der Waals surface area contributed by atoms with Crippen molar-refractivity contribution in [3.05, 3.63) is 35.4 Å². The zero-order chi connectivity index (χ0) is 17.6. The molecule has 1 aromatic rings. The Morgan fingerprint density at radius 1 is 1.20 bits per heavy atom. The summed E-state index contributed by atoms with van der Waals surface area (Å²) in [6.45, 7) is 2.85. The molecule has 3 aliphatic rings. The van der Waals surface area contributed by atoms with Crippen molar-refractivity contribution < 1.29 is 18.7 Å². The average Bonchev–Trinajstić information content (AvgIpc) is 3.23. The fourth-order valence-corrected chi connectivity index (χ4v) is 5.07. The average molecular weight is 350 g/mol. The van der Waals surface area contributed by atoms with Gasteiger partial charge in [0.05, 0.1) is 5.41 Å². The van der Waals surface area contributed by atoms with Crippen LogP contribution in [0.5, 0.6) is 0 Å². The fraction of sp³-hybridized carbons (Fsp3) is 0.632. The molecule has 4 rings (SSSR count). The minimum absolute atomic E-state index is 0.0779. The van der Waals surface area contributed by atoms with Gasteiger partial charge in [0.2, 0.25) is 0 Å². The van der Waals surface area contributed by atoms with E-state index < -0.39 is 23.0 Å². The van der Waals surface area contributed by atoms with Gasteiger partial charge in [-0.1, -0.05) is 18.9 Å². The van der Waals surface area contributed by atoms with E-state index in [0.717, 1.165) is 12.6 Å². The molecule has 0 spiro atoms. The molecular weight excluding hydrogens is 326 g/mol. The summed E-state index contributed by atoms with van der Waals surface area (Å²) in [4.78, 5) is 16.5. The normalized spacial score (nSPS) is 30.9. The summed E-state index contributed by atoms with van der Waals surface area (Å²) in [5.74, 6) is -1.81. The minimum atomic E-state index is -0.751. The maximum atomic E-state index is 13.9. The van der Waals surface area contributed by atoms with Crippen LogP contribution in [0.1, 0.15) is 31.2 Å². The number of carboxylic acid groups (broad SMARTS) is 1. The molecule has 4 nitrogen and oxygen atoms in total. The lowest BCUT2D eigenvalue weighted by molar-refractivity contribution is -0.149. The Bertz CT molecular complexity index is 677. The lowest BCUT2D eigenvalue weighted by Crippen LogP contribution is -2.42. The lowest BCUT2D eigenvalue weighted by atomic mass is 9.81. The van der Waals surface area contributed by atoms with Gasteiger partial charge in [0.1, 0.15) is 11.6 Å². The van der Waals surface area contributed by atoms with Crippen molar-refractivity contribution in [3.8, 4) is 0 Å². The van der Waals surface area contributed by atoms with Gasteiger partial charge in [0, 0.05) is 56.3 Å². The smallest absolute Gasteiger partial charge is 0.312 e. The summed E-state index contributed by atoms with van der Waals surface area (Å²) in [5, 5.41) is 9.93. The van der Waals surface area contributed by atoms with E-state index in [1.165, 1.54) is 37.8 Å². The van der Waals surface area contributed by atoms with Crippen molar-refractivity contribution in [1.29, 1.82) is 0 Å². The van der Waals surface area contributed by atoms with Crippen molar-refractivity contribution in [2.45, 2.75) is 38.3 Å². The Balaban J connectivity index is 1.48. The molecule has 2 heterocycles. The van der Waals surface area contributed by atoms with Crippen LogP contribution < -0.4 is 0 Å². The van der Waals surface area contributed by atoms with Crippen LogP contribution in [0.25, 0.3) is 0 Å². The summed E-state index contributed by atoms with van der Waals surface area (Å²) in [6, 6.07) is 4.13. The topological polar surface area (TPSA) is 43.8 Å². The first kappa shape index (κ1) is 16.9. The van der Waals surface area contributed by atoms with E-state index in [1.54, 1.807) is 0 Å². The predicted molar refractivity (Wildman–Crippen MR) is 89.0 cm³/mol. The van der Waals surface area contributed by atoms with E-state index in [-0.39, 0.29) is 5.92 Å². The van der Waals surface area contributed by atoms with Crippen LogP contribution >= 0.6 is 0 Å². The molecule has 1 aliphatic carbocycles. The molecule has 1 saturated carbocycles. The summed E-state index contributed by atoms with van der Waals surface area (Å²) in [7, 11) is 0. The standard InChI is InChI=1S/C19H24F2N2O2/c20-15-6-5-13(17(21)7-15)8-22-9-14-10-23(16-3-1-2-4-16)12-19(14,11-22)18(24)25/h5-7,14,16H,1-4,8-12H2,(H,24,25). The number of fused-ring (bicyclic) bond motifs is 1. The van der Waals surface area contributed by atoms with Gasteiger partial charge < -0.3 is 5.11 Å². The second kappa shape index (κ2) is 6.32. The van der Waals surface area contributed by atoms with Crippen molar-refractivity contribution in [2.24, 2.45) is 11.3 Å². The highest BCUT2D eigenvalue weighted by Gasteiger charge is 2.58. The Morgan fingerprint density at radius 2 is 1.96 bits per heavy atom. The third kappa shape index (κ3) is 2.95. The second-order valence-electron chi connectivity index (χ2n) is 7.93. The molecule has 136 valence electrons. The molecule has 1 N–H and O–H groups in total. The highest BCUT2D eigenvalue weighted by Crippen LogP contribution is 2.45. The zero-order valence-electron chi connectivity index (χ0n) is 14.3. The molecule has 25 heavy (non-hydrogen) atoms. The van der Waals surface area contributed by atoms with Crippen LogP contribution in [0.3, 0.4) is 0 Å². The third-order valence-corrected chi connectivity index (χ3v) is 6.38. The Labute approximate surface area is 146 Å². The molecule has 0 aromatic heterocycles. The first-order valence-corrected chi connectivity index (χ1v) is 9.12. The van der Waals surface area contributed by atoms with Gasteiger partial charge in [0.15, 0.2) is 0 Å². The number of halogens is 2. The van der Waals surface area contributed by atoms with E-state index in [2.05, 4.69) is 4.90 Å². The number of likely N-dealkylation sites (tertiary alicyclic amines) is 2. The summed E-state index contributed by atoms with van der Waals surface area (Å²) >= 11 is 0. The molecule has 2 atom stereocenters. The minimum Gasteiger partial charge on any atom is -0.481 e. The van der Waals surface area contributed by atoms with Crippen molar-refractivity contribution in [1.82, 2.24) is 9.80 Å². The van der Waals surface area contributed by atoms with E-state index in [0.29, 0.717) is 37.8 Å². The van der Waals surface area contributed by atoms with Crippen molar-refractivity contribution in [3.63, 3.8) is 0 Å². The highest BCUT2D eigenvalue weighted by molar-refractivity contribution is 5.77. The summed E-state index contributed by atoms with van der Waals surface area (Å²) in [5.41, 5.74) is -0.325. The van der Waals surface area contributed by atoms with Crippen molar-refractivity contribution >= 4 is 5.97 Å². The second-order valence-corrected chi connectivity index (χ2v) is 7.93. The van der Waals surface area contributed by atoms with Gasteiger partial charge in [-0.15, -0.1) is 0 Å². The van der Waals surface area contributed by atoms with Gasteiger partial charge >= 0.3 is 5.97 Å². The van der Waals surface area contributed by atoms with E-state index in [4.69, 9.17) is 0 Å². The molecule has 3 fully saturated rings. The highest BCUT2D eigenvalue weighted by atomic mass is 19.1. The molecular formula is C19H24F2N2O2. The number of carbonyl (C=O) groups is 1. The van der Waals surface area contributed by atoms with E-state index in [9.17, 15) is 18.7 Å². The molecule has 1 aromatic carbocycles. The Kier molecular flexibility index (Phi) is 4.28. The zero-order valence-corrected chi connectivity index (χ0v) is 14.3. The molecule has 0 radical (unpaired) electrons. The van der Waals surface area contributed by atoms with Crippen LogP contribution in [-0.2, 0) is 11.3 Å². The number of benzene rings is 1. The summed E-state index contributed by atoms with van der Waals surface area (Å²) < 4.78 is 27.0. The molecule has 2 unspecified atom stereocenters. The van der Waals surface area contributed by atoms with Gasteiger partial charge in [-0.25, -0.2) is 8.78 Å². The van der Waals surface area contributed by atoms with Crippen LogP contribution in [0.4, 0.5) is 8.78 Å². The van der Waals surface area contributed by atoms with Gasteiger partial charge in [-0.3, -0.25) is 14.6 Å². The Morgan fingerprint density at radius 3 is 2.60 bits per heavy atom. The monoisotopic (exact) mass is 350 g/mol. The number of nitrogens with zero attached hydrogens (tertiary/aromatic N) is 2. The number of hydrogen-bond donors (Lipinski definition) is 1. The summed E-state index contributed by atoms with van der Waals surface area (Å²) in [6.07, 6.45) is 4.82. The maximum absolute atomic E-state index is 13.9. The van der Waals surface area contributed by atoms with Crippen molar-refractivity contribution in [2.75, 3.05) is 26.2 Å². The number of aliphatic carboxylic acids is 1. The molecule has 0 bridgehead atoms. The number of carboxylic acids is 1. The SMILES string of the molecule is O=C(O)C12CN(Cc3ccc(F)cc3F)CC1CN(C1CCCC1)C2. The van der Waals surface area contributed by atoms with E-state index >= 15 is 0 Å². The van der Waals surface area contributed by atoms with Crippen LogP contribution in [0.2, 0.25) is 0 Å². The lowest BCUT2D eigenvalue weighted by Gasteiger charge is -2.28. The molecule has 6 heteroatoms. The largest absolute Gasteiger partial charge is 0.481 e. The van der Waals surface area contributed by atoms with Crippen LogP contribution in [-0.4, -0.2) is 53.1 Å². The first-order chi connectivity index (χ1) is 12.0. The third-order valence-electron chi connectivity index (χ3n) is 6.38. The predicted octanol–water partition coefficient (Wildman–Crippen LogP) is 2.73. The van der Waals surface area contributed by atoms with Crippen LogP contribution in [0.15, 0.2) is 18.2 Å². The number of rotatable bonds is 4. The quantitative estimate of drug-likeness (QED) is 0.907. The number of hydrogen-bond acceptors (Lipinski definition) is 3. The van der Waals surface area contributed by atoms with Gasteiger partial charge in [0.25, 0.3) is 0 Å². The first-order valence-electron chi connectivity index (χ1n) is 9.12.